The Hall–Kier alpha value is -5.22. The minimum atomic E-state index is -0.914. The SMILES string of the molecule is C=CCOC(=O)c1sc(N2C(=O)c3oc4ccccc4c(=O)c3C2c2ccc(OCc3ccccc3)c(OCC)c2)nc1C. The van der Waals surface area contributed by atoms with Crippen LogP contribution in [0.2, 0.25) is 0 Å². The number of ether oxygens (including phenoxy) is 3. The molecule has 1 unspecified atom stereocenters. The molecule has 9 nitrogen and oxygen atoms in total. The molecule has 44 heavy (non-hydrogen) atoms. The second-order valence-electron chi connectivity index (χ2n) is 9.96. The lowest BCUT2D eigenvalue weighted by molar-refractivity contribution is 0.0554. The van der Waals surface area contributed by atoms with Gasteiger partial charge >= 0.3 is 5.97 Å². The van der Waals surface area contributed by atoms with E-state index in [2.05, 4.69) is 11.6 Å². The van der Waals surface area contributed by atoms with Crippen LogP contribution in [0.1, 0.15) is 55.6 Å². The largest absolute Gasteiger partial charge is 0.490 e. The molecule has 0 saturated carbocycles. The summed E-state index contributed by atoms with van der Waals surface area (Å²) in [6, 6.07) is 20.9. The summed E-state index contributed by atoms with van der Waals surface area (Å²) in [5, 5.41) is 0.572. The molecule has 3 aromatic carbocycles. The molecule has 1 atom stereocenters. The molecule has 3 heterocycles. The van der Waals surface area contributed by atoms with E-state index in [1.165, 1.54) is 11.0 Å². The fourth-order valence-electron chi connectivity index (χ4n) is 5.12. The van der Waals surface area contributed by atoms with Crippen molar-refractivity contribution in [3.63, 3.8) is 0 Å². The smallest absolute Gasteiger partial charge is 0.350 e. The maximum atomic E-state index is 14.1. The summed E-state index contributed by atoms with van der Waals surface area (Å²) in [5.74, 6) is -0.237. The molecule has 222 valence electrons. The average molecular weight is 609 g/mol. The molecule has 0 saturated heterocycles. The first-order valence-corrected chi connectivity index (χ1v) is 14.8. The molecule has 2 aromatic heterocycles. The van der Waals surface area contributed by atoms with Crippen molar-refractivity contribution < 1.29 is 28.2 Å². The van der Waals surface area contributed by atoms with E-state index in [9.17, 15) is 14.4 Å². The van der Waals surface area contributed by atoms with Gasteiger partial charge in [0.1, 0.15) is 23.7 Å². The number of carbonyl (C=O) groups is 2. The third-order valence-electron chi connectivity index (χ3n) is 7.11. The molecule has 5 aromatic rings. The van der Waals surface area contributed by atoms with Crippen LogP contribution in [0.3, 0.4) is 0 Å². The molecule has 0 spiro atoms. The van der Waals surface area contributed by atoms with Crippen molar-refractivity contribution in [3.8, 4) is 11.5 Å². The molecule has 10 heteroatoms. The Kier molecular flexibility index (Phi) is 7.99. The van der Waals surface area contributed by atoms with Gasteiger partial charge in [-0.15, -0.1) is 0 Å². The van der Waals surface area contributed by atoms with Crippen molar-refractivity contribution in [1.29, 1.82) is 0 Å². The van der Waals surface area contributed by atoms with Crippen molar-refractivity contribution in [2.75, 3.05) is 18.1 Å². The Morgan fingerprint density at radius 3 is 2.59 bits per heavy atom. The second kappa shape index (κ2) is 12.2. The van der Waals surface area contributed by atoms with Crippen LogP contribution in [0.25, 0.3) is 11.0 Å². The number of hydrogen-bond acceptors (Lipinski definition) is 9. The first-order valence-electron chi connectivity index (χ1n) is 14.0. The first-order chi connectivity index (χ1) is 21.4. The Balaban J connectivity index is 1.48. The van der Waals surface area contributed by atoms with E-state index in [0.29, 0.717) is 46.9 Å². The van der Waals surface area contributed by atoms with E-state index in [4.69, 9.17) is 18.6 Å². The highest BCUT2D eigenvalue weighted by molar-refractivity contribution is 7.17. The lowest BCUT2D eigenvalue weighted by Gasteiger charge is -2.23. The number of aryl methyl sites for hydroxylation is 1. The normalized spacial score (nSPS) is 14.0. The second-order valence-corrected chi connectivity index (χ2v) is 10.9. The molecule has 1 aliphatic rings. The fourth-order valence-corrected chi connectivity index (χ4v) is 6.11. The number of hydrogen-bond donors (Lipinski definition) is 0. The van der Waals surface area contributed by atoms with Crippen LogP contribution in [-0.2, 0) is 11.3 Å². The number of carbonyl (C=O) groups excluding carboxylic acids is 2. The van der Waals surface area contributed by atoms with Crippen molar-refractivity contribution in [2.45, 2.75) is 26.5 Å². The molecule has 0 aliphatic carbocycles. The summed E-state index contributed by atoms with van der Waals surface area (Å²) in [5.41, 5.74) is 2.12. The van der Waals surface area contributed by atoms with Crippen LogP contribution >= 0.6 is 11.3 Å². The number of aromatic nitrogens is 1. The zero-order valence-electron chi connectivity index (χ0n) is 24.1. The van der Waals surface area contributed by atoms with Gasteiger partial charge in [0.15, 0.2) is 22.1 Å². The van der Waals surface area contributed by atoms with Crippen LogP contribution in [0.5, 0.6) is 11.5 Å². The zero-order valence-corrected chi connectivity index (χ0v) is 24.9. The van der Waals surface area contributed by atoms with Gasteiger partial charge in [-0.3, -0.25) is 14.5 Å². The van der Waals surface area contributed by atoms with Gasteiger partial charge in [0, 0.05) is 0 Å². The van der Waals surface area contributed by atoms with Gasteiger partial charge in [-0.1, -0.05) is 72.5 Å². The van der Waals surface area contributed by atoms with Gasteiger partial charge in [-0.05, 0) is 49.2 Å². The predicted octanol–water partition coefficient (Wildman–Crippen LogP) is 6.63. The van der Waals surface area contributed by atoms with Crippen molar-refractivity contribution >= 4 is 39.3 Å². The van der Waals surface area contributed by atoms with E-state index in [1.54, 1.807) is 49.4 Å². The third-order valence-corrected chi connectivity index (χ3v) is 8.24. The fraction of sp³-hybridized carbons (Fsp3) is 0.176. The highest BCUT2D eigenvalue weighted by Crippen LogP contribution is 2.45. The number of esters is 1. The van der Waals surface area contributed by atoms with Crippen LogP contribution in [0.4, 0.5) is 5.13 Å². The van der Waals surface area contributed by atoms with E-state index in [-0.39, 0.29) is 33.4 Å². The topological polar surface area (TPSA) is 108 Å². The van der Waals surface area contributed by atoms with E-state index in [0.717, 1.165) is 16.9 Å². The highest BCUT2D eigenvalue weighted by atomic mass is 32.1. The molecule has 1 aliphatic heterocycles. The third kappa shape index (κ3) is 5.24. The molecule has 0 radical (unpaired) electrons. The summed E-state index contributed by atoms with van der Waals surface area (Å²) < 4.78 is 23.3. The summed E-state index contributed by atoms with van der Waals surface area (Å²) in [4.78, 5) is 47.0. The maximum absolute atomic E-state index is 14.1. The first kappa shape index (κ1) is 28.9. The van der Waals surface area contributed by atoms with Crippen molar-refractivity contribution in [3.05, 3.63) is 129 Å². The van der Waals surface area contributed by atoms with Gasteiger partial charge in [-0.2, -0.15) is 0 Å². The molecule has 0 N–H and O–H groups in total. The maximum Gasteiger partial charge on any atom is 0.350 e. The van der Waals surface area contributed by atoms with Crippen LogP contribution in [-0.4, -0.2) is 30.1 Å². The van der Waals surface area contributed by atoms with Gasteiger partial charge in [-0.25, -0.2) is 9.78 Å². The van der Waals surface area contributed by atoms with Gasteiger partial charge < -0.3 is 18.6 Å². The number of thiazole rings is 1. The zero-order chi connectivity index (χ0) is 30.8. The Labute approximate surface area is 256 Å². The van der Waals surface area contributed by atoms with E-state index >= 15 is 0 Å². The van der Waals surface area contributed by atoms with Crippen LogP contribution in [0, 0.1) is 6.92 Å². The summed E-state index contributed by atoms with van der Waals surface area (Å²) >= 11 is 1.01. The number of fused-ring (bicyclic) bond motifs is 2. The average Bonchev–Trinajstić information content (AvgIpc) is 3.56. The minimum absolute atomic E-state index is 0.0339. The Bertz CT molecular complexity index is 1950. The van der Waals surface area contributed by atoms with Crippen molar-refractivity contribution in [2.24, 2.45) is 0 Å². The minimum Gasteiger partial charge on any atom is -0.490 e. The number of rotatable bonds is 10. The van der Waals surface area contributed by atoms with Gasteiger partial charge in [0.25, 0.3) is 5.91 Å². The number of anilines is 1. The summed E-state index contributed by atoms with van der Waals surface area (Å²) in [6.07, 6.45) is 1.47. The molecular weight excluding hydrogens is 580 g/mol. The van der Waals surface area contributed by atoms with Crippen molar-refractivity contribution in [1.82, 2.24) is 4.98 Å². The Morgan fingerprint density at radius 2 is 1.82 bits per heavy atom. The summed E-state index contributed by atoms with van der Waals surface area (Å²) in [7, 11) is 0. The van der Waals surface area contributed by atoms with Crippen LogP contribution < -0.4 is 19.8 Å². The predicted molar refractivity (Wildman–Crippen MR) is 167 cm³/mol. The van der Waals surface area contributed by atoms with E-state index in [1.807, 2.05) is 37.3 Å². The number of amides is 1. The number of para-hydroxylation sites is 1. The molecular formula is C34H28N2O7S. The number of nitrogens with zero attached hydrogens (tertiary/aromatic N) is 2. The molecule has 0 fully saturated rings. The van der Waals surface area contributed by atoms with E-state index < -0.39 is 17.9 Å². The molecule has 1 amide bonds. The molecule has 0 bridgehead atoms. The highest BCUT2D eigenvalue weighted by Gasteiger charge is 2.45. The van der Waals surface area contributed by atoms with Crippen LogP contribution in [0.15, 0.2) is 94.7 Å². The lowest BCUT2D eigenvalue weighted by Crippen LogP contribution is -2.29. The monoisotopic (exact) mass is 608 g/mol. The quantitative estimate of drug-likeness (QED) is 0.128. The molecule has 6 rings (SSSR count). The Morgan fingerprint density at radius 1 is 1.05 bits per heavy atom. The lowest BCUT2D eigenvalue weighted by atomic mass is 9.98. The number of benzene rings is 3. The standard InChI is InChI=1S/C34H28N2O7S/c1-4-17-41-33(39)31-20(3)35-34(44-31)36-28(27-29(37)23-13-9-10-14-24(23)43-30(27)32(36)38)22-15-16-25(26(18-22)40-5-2)42-19-21-11-7-6-8-12-21/h4,6-16,18,28H,1,5,17,19H2,2-3H3. The summed E-state index contributed by atoms with van der Waals surface area (Å²) in [6.45, 7) is 7.83. The van der Waals surface area contributed by atoms with Gasteiger partial charge in [0.2, 0.25) is 5.76 Å². The van der Waals surface area contributed by atoms with Gasteiger partial charge in [0.05, 0.1) is 29.3 Å².